The smallest absolute Gasteiger partial charge is 0.239 e. The third-order valence-electron chi connectivity index (χ3n) is 4.15. The van der Waals surface area contributed by atoms with E-state index in [9.17, 15) is 9.59 Å². The summed E-state index contributed by atoms with van der Waals surface area (Å²) in [6, 6.07) is 9.86. The Morgan fingerprint density at radius 3 is 2.52 bits per heavy atom. The van der Waals surface area contributed by atoms with Gasteiger partial charge in [-0.05, 0) is 5.56 Å². The van der Waals surface area contributed by atoms with Gasteiger partial charge in [0.1, 0.15) is 0 Å². The predicted molar refractivity (Wildman–Crippen MR) is 90.7 cm³/mol. The Morgan fingerprint density at radius 2 is 1.96 bits per heavy atom. The molecule has 23 heavy (non-hydrogen) atoms. The van der Waals surface area contributed by atoms with Crippen LogP contribution in [0.5, 0.6) is 0 Å². The van der Waals surface area contributed by atoms with E-state index in [0.717, 1.165) is 5.56 Å². The molecular weight excluding hydrogens is 290 g/mol. The van der Waals surface area contributed by atoms with Crippen LogP contribution in [0.15, 0.2) is 30.3 Å². The fourth-order valence-electron chi connectivity index (χ4n) is 3.03. The fraction of sp³-hybridized carbons (Fsp3) is 0.556. The van der Waals surface area contributed by atoms with Crippen LogP contribution in [0.25, 0.3) is 0 Å². The summed E-state index contributed by atoms with van der Waals surface area (Å²) in [5.74, 6) is 0.183. The standard InChI is InChI=1S/C18H27N3O2/c1-13(2)19-17(18(23)20(3)4)15-10-16(22)21(12-15)11-14-8-6-5-7-9-14/h5-9,13,15,17,19H,10-12H2,1-4H3. The summed E-state index contributed by atoms with van der Waals surface area (Å²) in [6.45, 7) is 5.28. The molecule has 1 fully saturated rings. The van der Waals surface area contributed by atoms with Gasteiger partial charge in [-0.3, -0.25) is 9.59 Å². The number of likely N-dealkylation sites (N-methyl/N-ethyl adjacent to an activating group) is 1. The highest BCUT2D eigenvalue weighted by atomic mass is 16.2. The first-order chi connectivity index (χ1) is 10.9. The minimum Gasteiger partial charge on any atom is -0.347 e. The first-order valence-corrected chi connectivity index (χ1v) is 8.17. The quantitative estimate of drug-likeness (QED) is 0.865. The molecule has 2 unspecified atom stereocenters. The minimum absolute atomic E-state index is 0.0171. The third-order valence-corrected chi connectivity index (χ3v) is 4.15. The molecule has 1 aliphatic heterocycles. The Bertz CT molecular complexity index is 542. The van der Waals surface area contributed by atoms with Crippen molar-refractivity contribution in [2.75, 3.05) is 20.6 Å². The zero-order valence-corrected chi connectivity index (χ0v) is 14.5. The highest BCUT2D eigenvalue weighted by molar-refractivity contribution is 5.85. The van der Waals surface area contributed by atoms with Gasteiger partial charge < -0.3 is 15.1 Å². The lowest BCUT2D eigenvalue weighted by atomic mass is 9.96. The number of carbonyl (C=O) groups excluding carboxylic acids is 2. The van der Waals surface area contributed by atoms with Crippen LogP contribution >= 0.6 is 0 Å². The van der Waals surface area contributed by atoms with Crippen molar-refractivity contribution >= 4 is 11.8 Å². The molecule has 5 heteroatoms. The fourth-order valence-corrected chi connectivity index (χ4v) is 3.03. The van der Waals surface area contributed by atoms with Crippen LogP contribution < -0.4 is 5.32 Å². The normalized spacial score (nSPS) is 19.3. The molecule has 2 amide bonds. The maximum absolute atomic E-state index is 12.5. The molecule has 0 aromatic heterocycles. The maximum Gasteiger partial charge on any atom is 0.239 e. The van der Waals surface area contributed by atoms with E-state index in [0.29, 0.717) is 19.5 Å². The van der Waals surface area contributed by atoms with Crippen molar-refractivity contribution in [3.8, 4) is 0 Å². The van der Waals surface area contributed by atoms with E-state index in [1.807, 2.05) is 49.1 Å². The third kappa shape index (κ3) is 4.55. The molecule has 0 spiro atoms. The van der Waals surface area contributed by atoms with Gasteiger partial charge in [0.2, 0.25) is 11.8 Å². The summed E-state index contributed by atoms with van der Waals surface area (Å²) in [5.41, 5.74) is 1.12. The predicted octanol–water partition coefficient (Wildman–Crippen LogP) is 1.49. The number of benzene rings is 1. The molecular formula is C18H27N3O2. The van der Waals surface area contributed by atoms with E-state index in [2.05, 4.69) is 5.32 Å². The van der Waals surface area contributed by atoms with E-state index in [4.69, 9.17) is 0 Å². The van der Waals surface area contributed by atoms with Crippen molar-refractivity contribution in [2.45, 2.75) is 38.9 Å². The van der Waals surface area contributed by atoms with Crippen LogP contribution in [0.3, 0.4) is 0 Å². The molecule has 2 atom stereocenters. The van der Waals surface area contributed by atoms with Crippen LogP contribution in [0.4, 0.5) is 0 Å². The summed E-state index contributed by atoms with van der Waals surface area (Å²) < 4.78 is 0. The van der Waals surface area contributed by atoms with Gasteiger partial charge in [0, 0.05) is 45.6 Å². The van der Waals surface area contributed by atoms with Gasteiger partial charge in [-0.25, -0.2) is 0 Å². The second kappa shape index (κ2) is 7.59. The van der Waals surface area contributed by atoms with Crippen LogP contribution in [0, 0.1) is 5.92 Å². The molecule has 0 saturated carbocycles. The second-order valence-electron chi connectivity index (χ2n) is 6.76. The van der Waals surface area contributed by atoms with Crippen molar-refractivity contribution in [1.82, 2.24) is 15.1 Å². The van der Waals surface area contributed by atoms with Crippen LogP contribution in [-0.4, -0.2) is 54.3 Å². The van der Waals surface area contributed by atoms with Gasteiger partial charge in [0.15, 0.2) is 0 Å². The van der Waals surface area contributed by atoms with Gasteiger partial charge in [-0.2, -0.15) is 0 Å². The van der Waals surface area contributed by atoms with Crippen molar-refractivity contribution in [2.24, 2.45) is 5.92 Å². The summed E-state index contributed by atoms with van der Waals surface area (Å²) >= 11 is 0. The molecule has 1 aromatic rings. The Labute approximate surface area is 138 Å². The Kier molecular flexibility index (Phi) is 5.77. The highest BCUT2D eigenvalue weighted by Gasteiger charge is 2.38. The van der Waals surface area contributed by atoms with Gasteiger partial charge in [-0.15, -0.1) is 0 Å². The first kappa shape index (κ1) is 17.5. The number of rotatable bonds is 6. The average molecular weight is 317 g/mol. The Hall–Kier alpha value is -1.88. The number of nitrogens with zero attached hydrogens (tertiary/aromatic N) is 2. The van der Waals surface area contributed by atoms with Crippen LogP contribution in [0.1, 0.15) is 25.8 Å². The Balaban J connectivity index is 2.07. The van der Waals surface area contributed by atoms with E-state index < -0.39 is 0 Å². The van der Waals surface area contributed by atoms with E-state index in [1.54, 1.807) is 19.0 Å². The average Bonchev–Trinajstić information content (AvgIpc) is 2.85. The monoisotopic (exact) mass is 317 g/mol. The zero-order chi connectivity index (χ0) is 17.0. The molecule has 126 valence electrons. The van der Waals surface area contributed by atoms with E-state index in [1.165, 1.54) is 0 Å². The number of hydrogen-bond acceptors (Lipinski definition) is 3. The molecule has 0 aliphatic carbocycles. The van der Waals surface area contributed by atoms with Gasteiger partial charge in [-0.1, -0.05) is 44.2 Å². The van der Waals surface area contributed by atoms with Crippen molar-refractivity contribution in [3.05, 3.63) is 35.9 Å². The number of carbonyl (C=O) groups is 2. The summed E-state index contributed by atoms with van der Waals surface area (Å²) in [4.78, 5) is 28.3. The zero-order valence-electron chi connectivity index (χ0n) is 14.5. The molecule has 1 aromatic carbocycles. The number of likely N-dealkylation sites (tertiary alicyclic amines) is 1. The lowest BCUT2D eigenvalue weighted by molar-refractivity contribution is -0.132. The second-order valence-corrected chi connectivity index (χ2v) is 6.76. The number of hydrogen-bond donors (Lipinski definition) is 1. The number of amides is 2. The van der Waals surface area contributed by atoms with Gasteiger partial charge >= 0.3 is 0 Å². The largest absolute Gasteiger partial charge is 0.347 e. The van der Waals surface area contributed by atoms with Crippen molar-refractivity contribution in [3.63, 3.8) is 0 Å². The van der Waals surface area contributed by atoms with Crippen molar-refractivity contribution in [1.29, 1.82) is 0 Å². The molecule has 1 N–H and O–H groups in total. The molecule has 1 heterocycles. The lowest BCUT2D eigenvalue weighted by Crippen LogP contribution is -2.51. The summed E-state index contributed by atoms with van der Waals surface area (Å²) in [7, 11) is 3.52. The minimum atomic E-state index is -0.310. The van der Waals surface area contributed by atoms with Gasteiger partial charge in [0.25, 0.3) is 0 Å². The van der Waals surface area contributed by atoms with E-state index in [-0.39, 0.29) is 29.8 Å². The molecule has 1 saturated heterocycles. The lowest BCUT2D eigenvalue weighted by Gasteiger charge is -2.28. The Morgan fingerprint density at radius 1 is 1.30 bits per heavy atom. The topological polar surface area (TPSA) is 52.7 Å². The van der Waals surface area contributed by atoms with Crippen molar-refractivity contribution < 1.29 is 9.59 Å². The van der Waals surface area contributed by atoms with Gasteiger partial charge in [0.05, 0.1) is 6.04 Å². The molecule has 0 radical (unpaired) electrons. The summed E-state index contributed by atoms with van der Waals surface area (Å²) in [5, 5.41) is 3.34. The van der Waals surface area contributed by atoms with E-state index >= 15 is 0 Å². The SMILES string of the molecule is CC(C)NC(C(=O)N(C)C)C1CC(=O)N(Cc2ccccc2)C1. The van der Waals surface area contributed by atoms with Crippen LogP contribution in [0.2, 0.25) is 0 Å². The highest BCUT2D eigenvalue weighted by Crippen LogP contribution is 2.24. The maximum atomic E-state index is 12.5. The molecule has 0 bridgehead atoms. The number of nitrogens with one attached hydrogen (secondary N) is 1. The first-order valence-electron chi connectivity index (χ1n) is 8.17. The molecule has 5 nitrogen and oxygen atoms in total. The summed E-state index contributed by atoms with van der Waals surface area (Å²) in [6.07, 6.45) is 0.427. The molecule has 1 aliphatic rings. The van der Waals surface area contributed by atoms with Crippen LogP contribution in [-0.2, 0) is 16.1 Å². The molecule has 2 rings (SSSR count).